The summed E-state index contributed by atoms with van der Waals surface area (Å²) < 4.78 is 32.3. The van der Waals surface area contributed by atoms with E-state index in [1.165, 1.54) is 6.07 Å². The van der Waals surface area contributed by atoms with Crippen molar-refractivity contribution < 1.29 is 18.6 Å². The average molecular weight is 358 g/mol. The molecule has 0 aliphatic carbocycles. The van der Waals surface area contributed by atoms with Gasteiger partial charge in [-0.05, 0) is 35.0 Å². The molecule has 0 spiro atoms. The van der Waals surface area contributed by atoms with Crippen LogP contribution >= 0.6 is 15.9 Å². The van der Waals surface area contributed by atoms with Crippen LogP contribution in [0.3, 0.4) is 0 Å². The third-order valence-electron chi connectivity index (χ3n) is 2.84. The number of hydrogen-bond donors (Lipinski definition) is 2. The van der Waals surface area contributed by atoms with Gasteiger partial charge in [-0.15, -0.1) is 0 Å². The van der Waals surface area contributed by atoms with Gasteiger partial charge < -0.3 is 15.2 Å². The molecule has 0 heterocycles. The van der Waals surface area contributed by atoms with Gasteiger partial charge in [0.05, 0.1) is 12.3 Å². The fraction of sp³-hybridized carbons (Fsp3) is 0.200. The van der Waals surface area contributed by atoms with Crippen LogP contribution in [0.1, 0.15) is 12.5 Å². The third-order valence-corrected chi connectivity index (χ3v) is 3.47. The van der Waals surface area contributed by atoms with Gasteiger partial charge in [0, 0.05) is 22.6 Å². The van der Waals surface area contributed by atoms with Gasteiger partial charge in [-0.1, -0.05) is 12.1 Å². The highest BCUT2D eigenvalue weighted by Gasteiger charge is 2.12. The summed E-state index contributed by atoms with van der Waals surface area (Å²) in [5, 5.41) is 12.9. The molecule has 2 rings (SSSR count). The van der Waals surface area contributed by atoms with E-state index in [2.05, 4.69) is 21.2 Å². The number of benzene rings is 2. The Morgan fingerprint density at radius 1 is 1.29 bits per heavy atom. The zero-order valence-electron chi connectivity index (χ0n) is 11.3. The van der Waals surface area contributed by atoms with E-state index in [1.54, 1.807) is 18.2 Å². The van der Waals surface area contributed by atoms with Crippen LogP contribution in [0.15, 0.2) is 34.8 Å². The van der Waals surface area contributed by atoms with Crippen molar-refractivity contribution in [2.75, 3.05) is 11.9 Å². The molecule has 0 aromatic heterocycles. The van der Waals surface area contributed by atoms with Crippen molar-refractivity contribution in [3.8, 4) is 11.5 Å². The number of para-hydroxylation sites is 1. The standard InChI is InChI=1S/C15H14BrF2NO2/c1-2-21-13-5-3-4-9(15(13)20)8-19-14-11(16)6-10(17)7-12(14)18/h3-7,19-20H,2,8H2,1H3. The summed E-state index contributed by atoms with van der Waals surface area (Å²) in [5.41, 5.74) is 0.689. The minimum Gasteiger partial charge on any atom is -0.504 e. The van der Waals surface area contributed by atoms with Crippen LogP contribution in [-0.4, -0.2) is 11.7 Å². The van der Waals surface area contributed by atoms with E-state index in [4.69, 9.17) is 4.74 Å². The topological polar surface area (TPSA) is 41.5 Å². The maximum Gasteiger partial charge on any atom is 0.162 e. The number of phenols is 1. The SMILES string of the molecule is CCOc1cccc(CNc2c(F)cc(F)cc2Br)c1O. The van der Waals surface area contributed by atoms with Gasteiger partial charge in [0.15, 0.2) is 11.5 Å². The van der Waals surface area contributed by atoms with Gasteiger partial charge in [0.25, 0.3) is 0 Å². The van der Waals surface area contributed by atoms with Gasteiger partial charge in [-0.3, -0.25) is 0 Å². The van der Waals surface area contributed by atoms with Crippen LogP contribution < -0.4 is 10.1 Å². The van der Waals surface area contributed by atoms with E-state index >= 15 is 0 Å². The van der Waals surface area contributed by atoms with Crippen LogP contribution in [0.5, 0.6) is 11.5 Å². The lowest BCUT2D eigenvalue weighted by Crippen LogP contribution is -2.04. The molecule has 2 N–H and O–H groups in total. The first-order chi connectivity index (χ1) is 10.0. The molecule has 0 unspecified atom stereocenters. The molecule has 0 aliphatic heterocycles. The smallest absolute Gasteiger partial charge is 0.162 e. The molecule has 0 saturated heterocycles. The molecule has 0 atom stereocenters. The van der Waals surface area contributed by atoms with E-state index in [0.29, 0.717) is 17.9 Å². The Bertz CT molecular complexity index is 627. The molecule has 0 bridgehead atoms. The first kappa shape index (κ1) is 15.6. The summed E-state index contributed by atoms with van der Waals surface area (Å²) in [6, 6.07) is 7.04. The third kappa shape index (κ3) is 3.64. The number of ether oxygens (including phenoxy) is 1. The van der Waals surface area contributed by atoms with Crippen LogP contribution in [0.2, 0.25) is 0 Å². The number of anilines is 1. The minimum atomic E-state index is -0.706. The summed E-state index contributed by atoms with van der Waals surface area (Å²) in [6.45, 7) is 2.42. The molecule has 3 nitrogen and oxygen atoms in total. The Labute approximate surface area is 129 Å². The van der Waals surface area contributed by atoms with Crippen molar-refractivity contribution in [1.82, 2.24) is 0 Å². The van der Waals surface area contributed by atoms with Crippen molar-refractivity contribution in [2.45, 2.75) is 13.5 Å². The second-order valence-electron chi connectivity index (χ2n) is 4.29. The predicted octanol–water partition coefficient (Wildman–Crippen LogP) is 4.44. The van der Waals surface area contributed by atoms with E-state index in [-0.39, 0.29) is 22.5 Å². The summed E-state index contributed by atoms with van der Waals surface area (Å²) >= 11 is 3.10. The van der Waals surface area contributed by atoms with E-state index in [1.807, 2.05) is 6.92 Å². The molecule has 112 valence electrons. The monoisotopic (exact) mass is 357 g/mol. The lowest BCUT2D eigenvalue weighted by Gasteiger charge is -2.13. The van der Waals surface area contributed by atoms with Crippen molar-refractivity contribution in [2.24, 2.45) is 0 Å². The maximum absolute atomic E-state index is 13.7. The van der Waals surface area contributed by atoms with Gasteiger partial charge >= 0.3 is 0 Å². The molecule has 0 amide bonds. The highest BCUT2D eigenvalue weighted by molar-refractivity contribution is 9.10. The molecule has 0 saturated carbocycles. The van der Waals surface area contributed by atoms with Crippen molar-refractivity contribution in [3.05, 3.63) is 52.0 Å². The highest BCUT2D eigenvalue weighted by atomic mass is 79.9. The van der Waals surface area contributed by atoms with E-state index in [0.717, 1.165) is 6.07 Å². The summed E-state index contributed by atoms with van der Waals surface area (Å²) in [5.74, 6) is -0.991. The molecule has 0 radical (unpaired) electrons. The molecule has 0 aliphatic rings. The normalized spacial score (nSPS) is 10.5. The number of halogens is 3. The van der Waals surface area contributed by atoms with Crippen molar-refractivity contribution in [3.63, 3.8) is 0 Å². The van der Waals surface area contributed by atoms with Crippen molar-refractivity contribution >= 4 is 21.6 Å². The lowest BCUT2D eigenvalue weighted by atomic mass is 10.1. The molecule has 2 aromatic rings. The Balaban J connectivity index is 2.19. The van der Waals surface area contributed by atoms with Crippen LogP contribution in [0.4, 0.5) is 14.5 Å². The number of nitrogens with one attached hydrogen (secondary N) is 1. The lowest BCUT2D eigenvalue weighted by molar-refractivity contribution is 0.317. The summed E-state index contributed by atoms with van der Waals surface area (Å²) in [7, 11) is 0. The van der Waals surface area contributed by atoms with Gasteiger partial charge in [0.1, 0.15) is 11.6 Å². The zero-order chi connectivity index (χ0) is 15.4. The molecule has 6 heteroatoms. The molecule has 0 fully saturated rings. The highest BCUT2D eigenvalue weighted by Crippen LogP contribution is 2.32. The Morgan fingerprint density at radius 3 is 2.71 bits per heavy atom. The fourth-order valence-electron chi connectivity index (χ4n) is 1.88. The van der Waals surface area contributed by atoms with E-state index < -0.39 is 11.6 Å². The first-order valence-corrected chi connectivity index (χ1v) is 7.14. The maximum atomic E-state index is 13.7. The van der Waals surface area contributed by atoms with Crippen LogP contribution in [0.25, 0.3) is 0 Å². The predicted molar refractivity (Wildman–Crippen MR) is 80.7 cm³/mol. The number of hydrogen-bond acceptors (Lipinski definition) is 3. The second-order valence-corrected chi connectivity index (χ2v) is 5.15. The molecular formula is C15H14BrF2NO2. The average Bonchev–Trinajstić information content (AvgIpc) is 2.41. The van der Waals surface area contributed by atoms with Crippen molar-refractivity contribution in [1.29, 1.82) is 0 Å². The zero-order valence-corrected chi connectivity index (χ0v) is 12.9. The fourth-order valence-corrected chi connectivity index (χ4v) is 2.43. The van der Waals surface area contributed by atoms with Gasteiger partial charge in [0.2, 0.25) is 0 Å². The minimum absolute atomic E-state index is 0.00509. The summed E-state index contributed by atoms with van der Waals surface area (Å²) in [4.78, 5) is 0. The van der Waals surface area contributed by atoms with Crippen LogP contribution in [0, 0.1) is 11.6 Å². The van der Waals surface area contributed by atoms with Gasteiger partial charge in [-0.2, -0.15) is 0 Å². The molecular weight excluding hydrogens is 344 g/mol. The molecule has 21 heavy (non-hydrogen) atoms. The quantitative estimate of drug-likeness (QED) is 0.830. The Hall–Kier alpha value is -1.82. The largest absolute Gasteiger partial charge is 0.504 e. The number of phenolic OH excluding ortho intramolecular Hbond substituents is 1. The Kier molecular flexibility index (Phi) is 5.01. The van der Waals surface area contributed by atoms with Gasteiger partial charge in [-0.25, -0.2) is 8.78 Å². The van der Waals surface area contributed by atoms with E-state index in [9.17, 15) is 13.9 Å². The summed E-state index contributed by atoms with van der Waals surface area (Å²) in [6.07, 6.45) is 0. The Morgan fingerprint density at radius 2 is 2.05 bits per heavy atom. The second kappa shape index (κ2) is 6.76. The number of aromatic hydroxyl groups is 1. The van der Waals surface area contributed by atoms with Crippen LogP contribution in [-0.2, 0) is 6.54 Å². The number of rotatable bonds is 5. The first-order valence-electron chi connectivity index (χ1n) is 6.35. The molecule has 2 aromatic carbocycles.